The lowest BCUT2D eigenvalue weighted by molar-refractivity contribution is -0.122. The highest BCUT2D eigenvalue weighted by molar-refractivity contribution is 8.00. The second-order valence-electron chi connectivity index (χ2n) is 9.33. The molecular formula is C21H37N3O2S. The maximum absolute atomic E-state index is 12.3. The van der Waals surface area contributed by atoms with Crippen molar-refractivity contribution in [2.45, 2.75) is 102 Å². The van der Waals surface area contributed by atoms with Crippen molar-refractivity contribution >= 4 is 23.7 Å². The monoisotopic (exact) mass is 395 g/mol. The smallest absolute Gasteiger partial charge is 0.315 e. The predicted octanol–water partition coefficient (Wildman–Crippen LogP) is 3.82. The van der Waals surface area contributed by atoms with Gasteiger partial charge in [-0.05, 0) is 49.9 Å². The molecule has 0 aromatic carbocycles. The zero-order valence-electron chi connectivity index (χ0n) is 17.2. The molecule has 3 fully saturated rings. The van der Waals surface area contributed by atoms with Gasteiger partial charge in [-0.3, -0.25) is 4.79 Å². The van der Waals surface area contributed by atoms with Crippen LogP contribution in [-0.2, 0) is 4.79 Å². The summed E-state index contributed by atoms with van der Waals surface area (Å²) >= 11 is 1.95. The van der Waals surface area contributed by atoms with Crippen LogP contribution in [0.2, 0.25) is 0 Å². The van der Waals surface area contributed by atoms with E-state index >= 15 is 0 Å². The van der Waals surface area contributed by atoms with Gasteiger partial charge >= 0.3 is 6.03 Å². The molecule has 0 aromatic heterocycles. The van der Waals surface area contributed by atoms with Gasteiger partial charge in [0.25, 0.3) is 0 Å². The molecule has 1 aliphatic carbocycles. The zero-order valence-corrected chi connectivity index (χ0v) is 18.0. The zero-order chi connectivity index (χ0) is 19.4. The topological polar surface area (TPSA) is 70.2 Å². The van der Waals surface area contributed by atoms with Crippen LogP contribution in [0.15, 0.2) is 0 Å². The van der Waals surface area contributed by atoms with Crippen molar-refractivity contribution in [1.82, 2.24) is 16.0 Å². The average Bonchev–Trinajstić information content (AvgIpc) is 3.18. The van der Waals surface area contributed by atoms with Crippen molar-refractivity contribution in [3.63, 3.8) is 0 Å². The quantitative estimate of drug-likeness (QED) is 0.432. The van der Waals surface area contributed by atoms with Gasteiger partial charge in [-0.25, -0.2) is 4.79 Å². The molecule has 3 amide bonds. The number of hydrogen-bond acceptors (Lipinski definition) is 3. The minimum atomic E-state index is -0.0216. The second-order valence-corrected chi connectivity index (χ2v) is 10.6. The summed E-state index contributed by atoms with van der Waals surface area (Å²) in [5.41, 5.74) is 0.431. The Morgan fingerprint density at radius 3 is 2.63 bits per heavy atom. The summed E-state index contributed by atoms with van der Waals surface area (Å²) in [4.78, 5) is 23.7. The van der Waals surface area contributed by atoms with Gasteiger partial charge in [-0.2, -0.15) is 11.8 Å². The van der Waals surface area contributed by atoms with E-state index in [0.717, 1.165) is 43.8 Å². The number of amides is 3. The lowest BCUT2D eigenvalue weighted by Gasteiger charge is -2.39. The van der Waals surface area contributed by atoms with Gasteiger partial charge in [-0.15, -0.1) is 0 Å². The van der Waals surface area contributed by atoms with E-state index in [2.05, 4.69) is 36.7 Å². The van der Waals surface area contributed by atoms with Crippen molar-refractivity contribution in [2.24, 2.45) is 11.3 Å². The summed E-state index contributed by atoms with van der Waals surface area (Å²) in [7, 11) is 0. The van der Waals surface area contributed by atoms with Crippen LogP contribution in [0.25, 0.3) is 0 Å². The third kappa shape index (κ3) is 5.33. The second kappa shape index (κ2) is 9.06. The fraction of sp³-hybridized carbons (Fsp3) is 0.905. The summed E-state index contributed by atoms with van der Waals surface area (Å²) in [6.07, 6.45) is 9.70. The maximum atomic E-state index is 12.3. The fourth-order valence-corrected chi connectivity index (χ4v) is 6.43. The van der Waals surface area contributed by atoms with E-state index in [1.54, 1.807) is 0 Å². The Hall–Kier alpha value is -0.910. The highest BCUT2D eigenvalue weighted by Crippen LogP contribution is 2.40. The Morgan fingerprint density at radius 1 is 1.19 bits per heavy atom. The van der Waals surface area contributed by atoms with Crippen LogP contribution in [0.1, 0.15) is 78.6 Å². The number of urea groups is 1. The van der Waals surface area contributed by atoms with Crippen LogP contribution in [0.4, 0.5) is 4.79 Å². The molecule has 0 unspecified atom stereocenters. The van der Waals surface area contributed by atoms with Gasteiger partial charge in [0.15, 0.2) is 0 Å². The first-order valence-electron chi connectivity index (χ1n) is 10.9. The SMILES string of the molecule is CCC(C)(C)C1CCC(NC(=O)CCCC[C@@H]2SC[C@@H]3NC(=O)N[C@@H]32)CC1. The number of fused-ring (bicyclic) bond motifs is 1. The van der Waals surface area contributed by atoms with E-state index in [-0.39, 0.29) is 18.0 Å². The number of hydrogen-bond donors (Lipinski definition) is 3. The number of carbonyl (C=O) groups is 2. The molecule has 27 heavy (non-hydrogen) atoms. The van der Waals surface area contributed by atoms with E-state index < -0.39 is 0 Å². The molecule has 0 radical (unpaired) electrons. The van der Waals surface area contributed by atoms with Crippen LogP contribution in [0.3, 0.4) is 0 Å². The number of thioether (sulfide) groups is 1. The molecule has 0 spiro atoms. The van der Waals surface area contributed by atoms with Gasteiger partial charge in [0.2, 0.25) is 5.91 Å². The summed E-state index contributed by atoms with van der Waals surface area (Å²) in [6.45, 7) is 7.05. The van der Waals surface area contributed by atoms with Crippen LogP contribution >= 0.6 is 11.8 Å². The summed E-state index contributed by atoms with van der Waals surface area (Å²) in [5.74, 6) is 2.03. The lowest BCUT2D eigenvalue weighted by atomic mass is 9.69. The maximum Gasteiger partial charge on any atom is 0.315 e. The molecule has 3 rings (SSSR count). The normalized spacial score (nSPS) is 33.3. The molecule has 3 atom stereocenters. The fourth-order valence-electron chi connectivity index (χ4n) is 4.88. The minimum absolute atomic E-state index is 0.0216. The Bertz CT molecular complexity index is 532. The standard InChI is InChI=1S/C21H37N3O2S/c1-4-21(2,3)14-9-11-15(12-10-14)22-18(25)8-6-5-7-17-19-16(13-27-17)23-20(26)24-19/h14-17,19H,4-13H2,1-3H3,(H,22,25)(H2,23,24,26)/t14?,15?,16-,17-,19-/m0/s1. The van der Waals surface area contributed by atoms with Crippen LogP contribution in [-0.4, -0.2) is 41.1 Å². The van der Waals surface area contributed by atoms with Gasteiger partial charge in [0, 0.05) is 23.5 Å². The molecule has 2 saturated heterocycles. The van der Waals surface area contributed by atoms with Crippen molar-refractivity contribution in [3.8, 4) is 0 Å². The van der Waals surface area contributed by atoms with E-state index in [1.165, 1.54) is 19.3 Å². The van der Waals surface area contributed by atoms with Gasteiger partial charge in [-0.1, -0.05) is 33.6 Å². The third-order valence-electron chi connectivity index (χ3n) is 7.19. The number of carbonyl (C=O) groups excluding carboxylic acids is 2. The van der Waals surface area contributed by atoms with Gasteiger partial charge in [0.1, 0.15) is 0 Å². The number of nitrogens with one attached hydrogen (secondary N) is 3. The largest absolute Gasteiger partial charge is 0.353 e. The number of rotatable bonds is 8. The highest BCUT2D eigenvalue weighted by Gasteiger charge is 2.42. The van der Waals surface area contributed by atoms with Crippen molar-refractivity contribution in [2.75, 3.05) is 5.75 Å². The summed E-state index contributed by atoms with van der Waals surface area (Å²) < 4.78 is 0. The molecule has 154 valence electrons. The molecule has 0 bridgehead atoms. The Balaban J connectivity index is 1.28. The molecule has 6 heteroatoms. The average molecular weight is 396 g/mol. The van der Waals surface area contributed by atoms with Crippen LogP contribution in [0.5, 0.6) is 0 Å². The third-order valence-corrected chi connectivity index (χ3v) is 8.70. The molecule has 5 nitrogen and oxygen atoms in total. The van der Waals surface area contributed by atoms with E-state index in [4.69, 9.17) is 0 Å². The van der Waals surface area contributed by atoms with Crippen molar-refractivity contribution in [3.05, 3.63) is 0 Å². The van der Waals surface area contributed by atoms with E-state index in [1.807, 2.05) is 11.8 Å². The van der Waals surface area contributed by atoms with Gasteiger partial charge < -0.3 is 16.0 Å². The Labute approximate surface area is 168 Å². The first kappa shape index (κ1) is 20.8. The van der Waals surface area contributed by atoms with E-state index in [0.29, 0.717) is 29.2 Å². The molecule has 0 aromatic rings. The van der Waals surface area contributed by atoms with E-state index in [9.17, 15) is 9.59 Å². The number of unbranched alkanes of at least 4 members (excludes halogenated alkanes) is 1. The van der Waals surface area contributed by atoms with Crippen molar-refractivity contribution < 1.29 is 9.59 Å². The summed E-state index contributed by atoms with van der Waals surface area (Å²) in [5, 5.41) is 9.78. The molecule has 1 saturated carbocycles. The molecule has 3 aliphatic rings. The highest BCUT2D eigenvalue weighted by atomic mass is 32.2. The van der Waals surface area contributed by atoms with Crippen LogP contribution < -0.4 is 16.0 Å². The first-order valence-corrected chi connectivity index (χ1v) is 11.9. The molecule has 3 N–H and O–H groups in total. The first-order chi connectivity index (χ1) is 12.9. The van der Waals surface area contributed by atoms with Gasteiger partial charge in [0.05, 0.1) is 12.1 Å². The van der Waals surface area contributed by atoms with Crippen molar-refractivity contribution in [1.29, 1.82) is 0 Å². The Kier molecular flexibility index (Phi) is 6.98. The molecule has 2 aliphatic heterocycles. The minimum Gasteiger partial charge on any atom is -0.353 e. The summed E-state index contributed by atoms with van der Waals surface area (Å²) in [6, 6.07) is 0.932. The molecular weight excluding hydrogens is 358 g/mol. The van der Waals surface area contributed by atoms with Crippen LogP contribution in [0, 0.1) is 11.3 Å². The lowest BCUT2D eigenvalue weighted by Crippen LogP contribution is -2.39. The molecule has 2 heterocycles. The predicted molar refractivity (Wildman–Crippen MR) is 112 cm³/mol. The Morgan fingerprint density at radius 2 is 1.93 bits per heavy atom.